The van der Waals surface area contributed by atoms with Gasteiger partial charge in [-0.05, 0) is 54.3 Å². The number of anilines is 1. The topological polar surface area (TPSA) is 96.0 Å². The number of ether oxygens (including phenoxy) is 1. The van der Waals surface area contributed by atoms with Gasteiger partial charge in [-0.25, -0.2) is 8.42 Å². The van der Waals surface area contributed by atoms with Crippen LogP contribution in [0.4, 0.5) is 5.69 Å². The Bertz CT molecular complexity index is 1450. The molecule has 0 aliphatic rings. The molecule has 0 bridgehead atoms. The summed E-state index contributed by atoms with van der Waals surface area (Å²) in [7, 11) is -2.71. The van der Waals surface area contributed by atoms with Gasteiger partial charge in [-0.2, -0.15) is 0 Å². The summed E-state index contributed by atoms with van der Waals surface area (Å²) < 4.78 is 34.1. The highest BCUT2D eigenvalue weighted by Crippen LogP contribution is 2.28. The van der Waals surface area contributed by atoms with Gasteiger partial charge >= 0.3 is 0 Å². The average Bonchev–Trinajstić information content (AvgIpc) is 2.96. The number of carbonyl (C=O) groups is 2. The van der Waals surface area contributed by atoms with Crippen LogP contribution in [0.25, 0.3) is 0 Å². The van der Waals surface area contributed by atoms with Gasteiger partial charge in [-0.1, -0.05) is 74.3 Å². The maximum atomic E-state index is 14.1. The Labute approximate surface area is 252 Å². The van der Waals surface area contributed by atoms with E-state index in [0.29, 0.717) is 34.3 Å². The Morgan fingerprint density at radius 2 is 1.68 bits per heavy atom. The van der Waals surface area contributed by atoms with E-state index in [-0.39, 0.29) is 29.0 Å². The van der Waals surface area contributed by atoms with E-state index < -0.39 is 28.5 Å². The second-order valence-electron chi connectivity index (χ2n) is 9.85. The van der Waals surface area contributed by atoms with E-state index in [4.69, 9.17) is 27.9 Å². The van der Waals surface area contributed by atoms with Gasteiger partial charge in [0.1, 0.15) is 18.3 Å². The third-order valence-corrected chi connectivity index (χ3v) is 8.75. The molecule has 0 spiro atoms. The molecule has 8 nitrogen and oxygen atoms in total. The first-order chi connectivity index (χ1) is 19.5. The molecule has 0 fully saturated rings. The summed E-state index contributed by atoms with van der Waals surface area (Å²) in [5.74, 6) is -0.290. The largest absolute Gasteiger partial charge is 0.497 e. The van der Waals surface area contributed by atoms with Crippen LogP contribution in [0, 0.1) is 5.92 Å². The van der Waals surface area contributed by atoms with Gasteiger partial charge in [0.05, 0.1) is 17.7 Å². The molecular weight excluding hydrogens is 585 g/mol. The highest BCUT2D eigenvalue weighted by atomic mass is 35.5. The summed E-state index contributed by atoms with van der Waals surface area (Å²) in [6.45, 7) is 5.57. The Kier molecular flexibility index (Phi) is 11.5. The fourth-order valence-corrected chi connectivity index (χ4v) is 6.08. The van der Waals surface area contributed by atoms with Crippen molar-refractivity contribution in [1.82, 2.24) is 10.2 Å². The van der Waals surface area contributed by atoms with Gasteiger partial charge in [-0.3, -0.25) is 13.9 Å². The molecule has 0 unspecified atom stereocenters. The van der Waals surface area contributed by atoms with E-state index in [1.54, 1.807) is 67.6 Å². The Morgan fingerprint density at radius 3 is 2.29 bits per heavy atom. The van der Waals surface area contributed by atoms with Crippen LogP contribution in [0.15, 0.2) is 77.7 Å². The molecule has 0 heterocycles. The molecule has 0 aliphatic heterocycles. The first-order valence-corrected chi connectivity index (χ1v) is 15.4. The lowest BCUT2D eigenvalue weighted by atomic mass is 10.1. The molecule has 41 heavy (non-hydrogen) atoms. The van der Waals surface area contributed by atoms with E-state index >= 15 is 0 Å². The molecule has 0 aliphatic carbocycles. The number of nitrogens with one attached hydrogen (secondary N) is 1. The zero-order valence-electron chi connectivity index (χ0n) is 23.5. The average molecular weight is 621 g/mol. The lowest BCUT2D eigenvalue weighted by Gasteiger charge is -2.33. The second-order valence-corrected chi connectivity index (χ2v) is 12.6. The van der Waals surface area contributed by atoms with E-state index in [2.05, 4.69) is 5.32 Å². The lowest BCUT2D eigenvalue weighted by Crippen LogP contribution is -2.52. The number of nitrogens with zero attached hydrogens (tertiary/aromatic N) is 2. The Hall–Kier alpha value is -3.27. The Balaban J connectivity index is 2.08. The number of hydrogen-bond donors (Lipinski definition) is 1. The van der Waals surface area contributed by atoms with Gasteiger partial charge < -0.3 is 15.0 Å². The van der Waals surface area contributed by atoms with Crippen molar-refractivity contribution in [2.24, 2.45) is 5.92 Å². The number of carbonyl (C=O) groups excluding carboxylic acids is 2. The summed E-state index contributed by atoms with van der Waals surface area (Å²) in [5.41, 5.74) is 0.807. The number of benzene rings is 3. The van der Waals surface area contributed by atoms with E-state index in [9.17, 15) is 18.0 Å². The molecular formula is C30H35Cl2N3O5S. The van der Waals surface area contributed by atoms with Gasteiger partial charge in [-0.15, -0.1) is 0 Å². The minimum absolute atomic E-state index is 0.0182. The van der Waals surface area contributed by atoms with E-state index in [1.165, 1.54) is 24.1 Å². The third kappa shape index (κ3) is 8.38. The van der Waals surface area contributed by atoms with Crippen molar-refractivity contribution >= 4 is 50.7 Å². The highest BCUT2D eigenvalue weighted by Gasteiger charge is 2.34. The van der Waals surface area contributed by atoms with Gasteiger partial charge in [0.2, 0.25) is 11.8 Å². The maximum Gasteiger partial charge on any atom is 0.264 e. The first kappa shape index (κ1) is 32.2. The number of halogens is 2. The molecule has 0 aromatic heterocycles. The van der Waals surface area contributed by atoms with Crippen molar-refractivity contribution < 1.29 is 22.7 Å². The molecule has 3 aromatic carbocycles. The van der Waals surface area contributed by atoms with Crippen LogP contribution in [0.3, 0.4) is 0 Å². The van der Waals surface area contributed by atoms with Crippen molar-refractivity contribution in [3.8, 4) is 5.75 Å². The van der Waals surface area contributed by atoms with Crippen molar-refractivity contribution in [1.29, 1.82) is 0 Å². The van der Waals surface area contributed by atoms with E-state index in [1.807, 2.05) is 13.8 Å². The monoisotopic (exact) mass is 619 g/mol. The van der Waals surface area contributed by atoms with Crippen LogP contribution in [0.2, 0.25) is 10.0 Å². The van der Waals surface area contributed by atoms with Crippen LogP contribution in [-0.2, 0) is 26.2 Å². The molecule has 3 aromatic rings. The molecule has 1 atom stereocenters. The van der Waals surface area contributed by atoms with Crippen molar-refractivity contribution in [2.45, 2.75) is 44.7 Å². The Morgan fingerprint density at radius 1 is 0.976 bits per heavy atom. The summed E-state index contributed by atoms with van der Waals surface area (Å²) >= 11 is 12.5. The summed E-state index contributed by atoms with van der Waals surface area (Å²) in [6.07, 6.45) is 0.297. The third-order valence-electron chi connectivity index (χ3n) is 6.38. The summed E-state index contributed by atoms with van der Waals surface area (Å²) in [4.78, 5) is 28.8. The van der Waals surface area contributed by atoms with Gasteiger partial charge in [0.25, 0.3) is 10.0 Å². The van der Waals surface area contributed by atoms with Crippen LogP contribution in [0.1, 0.15) is 32.8 Å². The molecule has 0 saturated carbocycles. The minimum Gasteiger partial charge on any atom is -0.497 e. The first-order valence-electron chi connectivity index (χ1n) is 13.2. The fraction of sp³-hybridized carbons (Fsp3) is 0.333. The molecule has 2 amide bonds. The minimum atomic E-state index is -4.18. The quantitative estimate of drug-likeness (QED) is 0.262. The predicted molar refractivity (Wildman–Crippen MR) is 163 cm³/mol. The zero-order valence-corrected chi connectivity index (χ0v) is 25.8. The smallest absolute Gasteiger partial charge is 0.264 e. The molecule has 220 valence electrons. The number of sulfonamides is 1. The van der Waals surface area contributed by atoms with Crippen molar-refractivity contribution in [2.75, 3.05) is 24.5 Å². The number of rotatable bonds is 13. The van der Waals surface area contributed by atoms with Crippen molar-refractivity contribution in [3.63, 3.8) is 0 Å². The lowest BCUT2D eigenvalue weighted by molar-refractivity contribution is -0.140. The molecule has 11 heteroatoms. The second kappa shape index (κ2) is 14.6. The molecule has 0 saturated heterocycles. The normalized spacial score (nSPS) is 12.1. The van der Waals surface area contributed by atoms with Gasteiger partial charge in [0, 0.05) is 29.2 Å². The van der Waals surface area contributed by atoms with Gasteiger partial charge in [0.15, 0.2) is 0 Å². The summed E-state index contributed by atoms with van der Waals surface area (Å²) in [5, 5.41) is 3.65. The molecule has 0 radical (unpaired) electrons. The number of methoxy groups -OCH3 is 1. The highest BCUT2D eigenvalue weighted by molar-refractivity contribution is 7.92. The predicted octanol–water partition coefficient (Wildman–Crippen LogP) is 5.78. The van der Waals surface area contributed by atoms with Crippen molar-refractivity contribution in [3.05, 3.63) is 88.4 Å². The zero-order chi connectivity index (χ0) is 30.2. The number of hydrogen-bond acceptors (Lipinski definition) is 5. The van der Waals surface area contributed by atoms with Crippen LogP contribution < -0.4 is 14.4 Å². The maximum absolute atomic E-state index is 14.1. The molecule has 3 rings (SSSR count). The standard InChI is InChI=1S/C30H35Cl2N3O5S/c1-5-28(30(37)33-18-21(2)3)34(19-22-14-15-23(31)16-27(22)32)29(36)20-35(24-10-9-11-25(17-24)40-4)41(38,39)26-12-7-6-8-13-26/h6-17,21,28H,5,18-20H2,1-4H3,(H,33,37)/t28-/m0/s1. The van der Waals surface area contributed by atoms with E-state index in [0.717, 1.165) is 4.31 Å². The van der Waals surface area contributed by atoms with Crippen LogP contribution in [0.5, 0.6) is 5.75 Å². The SMILES string of the molecule is CC[C@@H](C(=O)NCC(C)C)N(Cc1ccc(Cl)cc1Cl)C(=O)CN(c1cccc(OC)c1)S(=O)(=O)c1ccccc1. The van der Waals surface area contributed by atoms with Crippen LogP contribution in [-0.4, -0.2) is 51.4 Å². The number of amides is 2. The molecule has 1 N–H and O–H groups in total. The fourth-order valence-electron chi connectivity index (χ4n) is 4.19. The van der Waals surface area contributed by atoms with Crippen LogP contribution >= 0.6 is 23.2 Å². The summed E-state index contributed by atoms with van der Waals surface area (Å²) in [6, 6.07) is 18.3.